The molecule has 1 aromatic carbocycles. The van der Waals surface area contributed by atoms with Crippen molar-refractivity contribution in [3.05, 3.63) is 23.5 Å². The lowest BCUT2D eigenvalue weighted by molar-refractivity contribution is -0.136. The second kappa shape index (κ2) is 5.34. The van der Waals surface area contributed by atoms with Crippen molar-refractivity contribution >= 4 is 5.97 Å². The van der Waals surface area contributed by atoms with E-state index in [0.717, 1.165) is 0 Å². The summed E-state index contributed by atoms with van der Waals surface area (Å²) in [6, 6.07) is 2.65. The molecule has 0 atom stereocenters. The van der Waals surface area contributed by atoms with Gasteiger partial charge in [-0.2, -0.15) is 0 Å². The Bertz CT molecular complexity index is 390. The molecule has 0 heterocycles. The molecule has 0 spiro atoms. The average molecular weight is 228 g/mol. The quantitative estimate of drug-likeness (QED) is 0.835. The van der Waals surface area contributed by atoms with Crippen LogP contribution in [-0.4, -0.2) is 25.3 Å². The standard InChI is InChI=1S/C11H13FO4/c1-15-9-6-10(16-2)8(12)5-7(9)3-4-11(13)14/h5-6H,3-4H2,1-2H3,(H,13,14). The van der Waals surface area contributed by atoms with E-state index in [1.165, 1.54) is 26.4 Å². The predicted octanol–water partition coefficient (Wildman–Crippen LogP) is 1.86. The number of methoxy groups -OCH3 is 2. The fourth-order valence-corrected chi connectivity index (χ4v) is 1.36. The summed E-state index contributed by atoms with van der Waals surface area (Å²) in [5.74, 6) is -0.947. The molecule has 16 heavy (non-hydrogen) atoms. The number of hydrogen-bond acceptors (Lipinski definition) is 3. The molecule has 1 aromatic rings. The van der Waals surface area contributed by atoms with Gasteiger partial charge in [0.2, 0.25) is 0 Å². The van der Waals surface area contributed by atoms with Crippen molar-refractivity contribution in [2.24, 2.45) is 0 Å². The number of aryl methyl sites for hydroxylation is 1. The lowest BCUT2D eigenvalue weighted by atomic mass is 10.1. The zero-order valence-corrected chi connectivity index (χ0v) is 9.12. The SMILES string of the molecule is COc1cc(OC)c(CCC(=O)O)cc1F. The highest BCUT2D eigenvalue weighted by Crippen LogP contribution is 2.28. The number of carboxylic acids is 1. The van der Waals surface area contributed by atoms with Crippen LogP contribution < -0.4 is 9.47 Å². The van der Waals surface area contributed by atoms with Gasteiger partial charge in [0.05, 0.1) is 14.2 Å². The van der Waals surface area contributed by atoms with Crippen LogP contribution in [0.15, 0.2) is 12.1 Å². The van der Waals surface area contributed by atoms with Gasteiger partial charge in [0.25, 0.3) is 0 Å². The van der Waals surface area contributed by atoms with Gasteiger partial charge < -0.3 is 14.6 Å². The highest BCUT2D eigenvalue weighted by molar-refractivity contribution is 5.67. The minimum atomic E-state index is -0.932. The Kier molecular flexibility index (Phi) is 4.10. The fraction of sp³-hybridized carbons (Fsp3) is 0.364. The molecule has 0 bridgehead atoms. The second-order valence-electron chi connectivity index (χ2n) is 3.19. The second-order valence-corrected chi connectivity index (χ2v) is 3.19. The molecule has 0 aliphatic heterocycles. The largest absolute Gasteiger partial charge is 0.496 e. The summed E-state index contributed by atoms with van der Waals surface area (Å²) in [5, 5.41) is 8.55. The minimum Gasteiger partial charge on any atom is -0.496 e. The molecule has 0 fully saturated rings. The number of rotatable bonds is 5. The highest BCUT2D eigenvalue weighted by Gasteiger charge is 2.11. The van der Waals surface area contributed by atoms with E-state index in [-0.39, 0.29) is 18.6 Å². The van der Waals surface area contributed by atoms with Gasteiger partial charge in [0.15, 0.2) is 11.6 Å². The van der Waals surface area contributed by atoms with Crippen LogP contribution in [-0.2, 0) is 11.2 Å². The van der Waals surface area contributed by atoms with Crippen LogP contribution >= 0.6 is 0 Å². The summed E-state index contributed by atoms with van der Waals surface area (Å²) >= 11 is 0. The van der Waals surface area contributed by atoms with E-state index >= 15 is 0 Å². The Morgan fingerprint density at radius 3 is 2.44 bits per heavy atom. The number of carboxylic acid groups (broad SMARTS) is 1. The lowest BCUT2D eigenvalue weighted by Gasteiger charge is -2.10. The molecule has 88 valence electrons. The van der Waals surface area contributed by atoms with Crippen LogP contribution in [0.4, 0.5) is 4.39 Å². The van der Waals surface area contributed by atoms with Crippen LogP contribution in [0.3, 0.4) is 0 Å². The molecule has 0 radical (unpaired) electrons. The lowest BCUT2D eigenvalue weighted by Crippen LogP contribution is -2.01. The first-order chi connectivity index (χ1) is 7.58. The van der Waals surface area contributed by atoms with E-state index in [9.17, 15) is 9.18 Å². The van der Waals surface area contributed by atoms with Crippen molar-refractivity contribution in [2.45, 2.75) is 12.8 Å². The molecule has 0 saturated heterocycles. The summed E-state index contributed by atoms with van der Waals surface area (Å²) in [7, 11) is 2.80. The average Bonchev–Trinajstić information content (AvgIpc) is 2.26. The maximum Gasteiger partial charge on any atom is 0.303 e. The van der Waals surface area contributed by atoms with Gasteiger partial charge in [-0.1, -0.05) is 0 Å². The number of benzene rings is 1. The molecule has 1 N–H and O–H groups in total. The van der Waals surface area contributed by atoms with Crippen molar-refractivity contribution in [1.29, 1.82) is 0 Å². The monoisotopic (exact) mass is 228 g/mol. The Morgan fingerprint density at radius 2 is 1.94 bits per heavy atom. The summed E-state index contributed by atoms with van der Waals surface area (Å²) in [5.41, 5.74) is 0.517. The number of carbonyl (C=O) groups is 1. The molecule has 5 heteroatoms. The summed E-state index contributed by atoms with van der Waals surface area (Å²) in [6.07, 6.45) is 0.154. The molecule has 1 rings (SSSR count). The molecule has 0 amide bonds. The molecule has 0 aromatic heterocycles. The Balaban J connectivity index is 2.98. The van der Waals surface area contributed by atoms with E-state index in [0.29, 0.717) is 11.3 Å². The molecule has 4 nitrogen and oxygen atoms in total. The van der Waals surface area contributed by atoms with Crippen molar-refractivity contribution < 1.29 is 23.8 Å². The van der Waals surface area contributed by atoms with Crippen molar-refractivity contribution in [3.63, 3.8) is 0 Å². The zero-order chi connectivity index (χ0) is 12.1. The summed E-state index contributed by atoms with van der Waals surface area (Å²) in [4.78, 5) is 10.4. The number of halogens is 1. The van der Waals surface area contributed by atoms with Crippen molar-refractivity contribution in [3.8, 4) is 11.5 Å². The molecular weight excluding hydrogens is 215 g/mol. The minimum absolute atomic E-state index is 0.0673. The Labute approximate surface area is 92.6 Å². The van der Waals surface area contributed by atoms with Gasteiger partial charge in [-0.15, -0.1) is 0 Å². The first kappa shape index (κ1) is 12.3. The normalized spacial score (nSPS) is 9.94. The number of hydrogen-bond donors (Lipinski definition) is 1. The van der Waals surface area contributed by atoms with Crippen LogP contribution in [0.5, 0.6) is 11.5 Å². The molecule has 0 saturated carbocycles. The van der Waals surface area contributed by atoms with Gasteiger partial charge >= 0.3 is 5.97 Å². The highest BCUT2D eigenvalue weighted by atomic mass is 19.1. The third-order valence-corrected chi connectivity index (χ3v) is 2.16. The van der Waals surface area contributed by atoms with Gasteiger partial charge in [-0.25, -0.2) is 4.39 Å². The van der Waals surface area contributed by atoms with Crippen LogP contribution in [0, 0.1) is 5.82 Å². The topological polar surface area (TPSA) is 55.8 Å². The van der Waals surface area contributed by atoms with E-state index in [4.69, 9.17) is 14.6 Å². The van der Waals surface area contributed by atoms with Crippen LogP contribution in [0.25, 0.3) is 0 Å². The third-order valence-electron chi connectivity index (χ3n) is 2.16. The van der Waals surface area contributed by atoms with E-state index in [2.05, 4.69) is 0 Å². The Hall–Kier alpha value is -1.78. The van der Waals surface area contributed by atoms with Gasteiger partial charge in [0.1, 0.15) is 5.75 Å². The maximum atomic E-state index is 13.4. The zero-order valence-electron chi connectivity index (χ0n) is 9.12. The number of ether oxygens (including phenoxy) is 2. The molecule has 0 aliphatic rings. The predicted molar refractivity (Wildman–Crippen MR) is 55.5 cm³/mol. The first-order valence-electron chi connectivity index (χ1n) is 4.70. The van der Waals surface area contributed by atoms with Crippen LogP contribution in [0.2, 0.25) is 0 Å². The van der Waals surface area contributed by atoms with E-state index in [1.807, 2.05) is 0 Å². The number of aliphatic carboxylic acids is 1. The van der Waals surface area contributed by atoms with Crippen molar-refractivity contribution in [1.82, 2.24) is 0 Å². The first-order valence-corrected chi connectivity index (χ1v) is 4.70. The third kappa shape index (κ3) is 2.85. The van der Waals surface area contributed by atoms with Crippen molar-refractivity contribution in [2.75, 3.05) is 14.2 Å². The summed E-state index contributed by atoms with van der Waals surface area (Å²) < 4.78 is 23.2. The van der Waals surface area contributed by atoms with Gasteiger partial charge in [-0.05, 0) is 18.1 Å². The smallest absolute Gasteiger partial charge is 0.303 e. The molecule has 0 aliphatic carbocycles. The van der Waals surface area contributed by atoms with Gasteiger partial charge in [-0.3, -0.25) is 4.79 Å². The summed E-state index contributed by atoms with van der Waals surface area (Å²) in [6.45, 7) is 0. The van der Waals surface area contributed by atoms with E-state index < -0.39 is 11.8 Å². The maximum absolute atomic E-state index is 13.4. The molecule has 0 unspecified atom stereocenters. The molecular formula is C11H13FO4. The van der Waals surface area contributed by atoms with Gasteiger partial charge in [0, 0.05) is 12.5 Å². The Morgan fingerprint density at radius 1 is 1.31 bits per heavy atom. The van der Waals surface area contributed by atoms with Crippen LogP contribution in [0.1, 0.15) is 12.0 Å². The van der Waals surface area contributed by atoms with E-state index in [1.54, 1.807) is 0 Å². The fourth-order valence-electron chi connectivity index (χ4n) is 1.36.